The number of hydrogen-bond acceptors (Lipinski definition) is 2. The number of nitrogens with one attached hydrogen (secondary N) is 1. The largest absolute Gasteiger partial charge is 0.313 e. The van der Waals surface area contributed by atoms with Crippen LogP contribution in [0.3, 0.4) is 0 Å². The van der Waals surface area contributed by atoms with E-state index in [9.17, 15) is 4.39 Å². The highest BCUT2D eigenvalue weighted by Crippen LogP contribution is 2.22. The highest BCUT2D eigenvalue weighted by atomic mass is 35.5. The van der Waals surface area contributed by atoms with Crippen molar-refractivity contribution < 1.29 is 4.39 Å². The minimum atomic E-state index is -0.199. The van der Waals surface area contributed by atoms with Crippen LogP contribution in [0.4, 0.5) is 4.39 Å². The van der Waals surface area contributed by atoms with Gasteiger partial charge >= 0.3 is 0 Å². The van der Waals surface area contributed by atoms with Gasteiger partial charge in [-0.15, -0.1) is 0 Å². The summed E-state index contributed by atoms with van der Waals surface area (Å²) in [5.74, 6) is -0.199. The van der Waals surface area contributed by atoms with Crippen LogP contribution < -0.4 is 5.32 Å². The Hall–Kier alpha value is -0.640. The Morgan fingerprint density at radius 1 is 1.47 bits per heavy atom. The molecule has 0 spiro atoms. The summed E-state index contributed by atoms with van der Waals surface area (Å²) in [6, 6.07) is 5.96. The molecule has 1 saturated heterocycles. The van der Waals surface area contributed by atoms with Gasteiger partial charge in [0.15, 0.2) is 0 Å². The van der Waals surface area contributed by atoms with Crippen molar-refractivity contribution in [2.24, 2.45) is 0 Å². The molecule has 1 N–H and O–H groups in total. The van der Waals surface area contributed by atoms with Crippen molar-refractivity contribution in [1.82, 2.24) is 10.2 Å². The smallest absolute Gasteiger partial charge is 0.129 e. The van der Waals surface area contributed by atoms with Crippen molar-refractivity contribution in [1.29, 1.82) is 0 Å². The van der Waals surface area contributed by atoms with Gasteiger partial charge < -0.3 is 5.32 Å². The molecule has 0 aromatic heterocycles. The van der Waals surface area contributed by atoms with Crippen molar-refractivity contribution in [2.45, 2.75) is 45.3 Å². The van der Waals surface area contributed by atoms with Crippen LogP contribution in [-0.2, 0) is 6.54 Å². The normalized spacial score (nSPS) is 20.4. The molecule has 19 heavy (non-hydrogen) atoms. The zero-order chi connectivity index (χ0) is 13.8. The standard InChI is InChI=1S/C15H22ClFN2/c1-11(2)18-9-14-4-3-7-19(14)10-12-5-6-13(16)8-15(12)17/h5-6,8,11,14,18H,3-4,7,9-10H2,1-2H3. The van der Waals surface area contributed by atoms with Gasteiger partial charge in [0.25, 0.3) is 0 Å². The molecule has 1 aliphatic rings. The Labute approximate surface area is 119 Å². The lowest BCUT2D eigenvalue weighted by molar-refractivity contribution is 0.233. The van der Waals surface area contributed by atoms with Gasteiger partial charge in [0, 0.05) is 35.8 Å². The molecule has 1 unspecified atom stereocenters. The topological polar surface area (TPSA) is 15.3 Å². The molecule has 0 amide bonds. The number of benzene rings is 1. The molecule has 2 rings (SSSR count). The first kappa shape index (κ1) is 14.8. The van der Waals surface area contributed by atoms with Gasteiger partial charge in [-0.25, -0.2) is 4.39 Å². The lowest BCUT2D eigenvalue weighted by Gasteiger charge is -2.26. The Morgan fingerprint density at radius 2 is 2.26 bits per heavy atom. The predicted molar refractivity (Wildman–Crippen MR) is 78.0 cm³/mol. The summed E-state index contributed by atoms with van der Waals surface area (Å²) in [6.45, 7) is 7.00. The summed E-state index contributed by atoms with van der Waals surface area (Å²) in [5, 5.41) is 3.93. The third-order valence-electron chi connectivity index (χ3n) is 3.65. The number of halogens is 2. The van der Waals surface area contributed by atoms with Crippen molar-refractivity contribution in [3.8, 4) is 0 Å². The maximum atomic E-state index is 13.8. The van der Waals surface area contributed by atoms with Crippen LogP contribution in [0.15, 0.2) is 18.2 Å². The van der Waals surface area contributed by atoms with Gasteiger partial charge in [0.1, 0.15) is 5.82 Å². The van der Waals surface area contributed by atoms with Gasteiger partial charge in [0.05, 0.1) is 0 Å². The maximum Gasteiger partial charge on any atom is 0.129 e. The van der Waals surface area contributed by atoms with E-state index in [4.69, 9.17) is 11.6 Å². The van der Waals surface area contributed by atoms with E-state index in [1.54, 1.807) is 12.1 Å². The fourth-order valence-electron chi connectivity index (χ4n) is 2.57. The van der Waals surface area contributed by atoms with Crippen LogP contribution >= 0.6 is 11.6 Å². The molecule has 106 valence electrons. The van der Waals surface area contributed by atoms with E-state index in [1.165, 1.54) is 18.9 Å². The van der Waals surface area contributed by atoms with Crippen LogP contribution in [0.1, 0.15) is 32.3 Å². The van der Waals surface area contributed by atoms with Gasteiger partial charge in [-0.1, -0.05) is 31.5 Å². The quantitative estimate of drug-likeness (QED) is 0.891. The molecule has 4 heteroatoms. The molecular weight excluding hydrogens is 263 g/mol. The van der Waals surface area contributed by atoms with E-state index in [2.05, 4.69) is 24.1 Å². The van der Waals surface area contributed by atoms with Gasteiger partial charge in [0.2, 0.25) is 0 Å². The van der Waals surface area contributed by atoms with E-state index < -0.39 is 0 Å². The molecule has 1 fully saturated rings. The first-order valence-electron chi connectivity index (χ1n) is 6.97. The lowest BCUT2D eigenvalue weighted by Crippen LogP contribution is -2.39. The molecular formula is C15H22ClFN2. The van der Waals surface area contributed by atoms with Crippen LogP contribution in [0.5, 0.6) is 0 Å². The second-order valence-electron chi connectivity index (χ2n) is 5.57. The second kappa shape index (κ2) is 6.69. The van der Waals surface area contributed by atoms with E-state index >= 15 is 0 Å². The third-order valence-corrected chi connectivity index (χ3v) is 3.88. The Balaban J connectivity index is 1.97. The molecule has 1 aromatic rings. The summed E-state index contributed by atoms with van der Waals surface area (Å²) < 4.78 is 13.8. The molecule has 0 aliphatic carbocycles. The zero-order valence-corrected chi connectivity index (χ0v) is 12.4. The highest BCUT2D eigenvalue weighted by Gasteiger charge is 2.25. The average molecular weight is 285 g/mol. The molecule has 0 radical (unpaired) electrons. The SMILES string of the molecule is CC(C)NCC1CCCN1Cc1ccc(Cl)cc1F. The molecule has 0 saturated carbocycles. The average Bonchev–Trinajstić information content (AvgIpc) is 2.77. The second-order valence-corrected chi connectivity index (χ2v) is 6.00. The number of likely N-dealkylation sites (tertiary alicyclic amines) is 1. The highest BCUT2D eigenvalue weighted by molar-refractivity contribution is 6.30. The lowest BCUT2D eigenvalue weighted by atomic mass is 10.1. The monoisotopic (exact) mass is 284 g/mol. The number of hydrogen-bond donors (Lipinski definition) is 1. The van der Waals surface area contributed by atoms with Crippen molar-refractivity contribution in [3.05, 3.63) is 34.6 Å². The predicted octanol–water partition coefficient (Wildman–Crippen LogP) is 3.44. The number of nitrogens with zero attached hydrogens (tertiary/aromatic N) is 1. The molecule has 0 bridgehead atoms. The first-order chi connectivity index (χ1) is 9.06. The molecule has 1 aromatic carbocycles. The number of rotatable bonds is 5. The van der Waals surface area contributed by atoms with Gasteiger partial charge in [-0.05, 0) is 31.5 Å². The summed E-state index contributed by atoms with van der Waals surface area (Å²) in [4.78, 5) is 2.36. The van der Waals surface area contributed by atoms with Crippen LogP contribution in [0.25, 0.3) is 0 Å². The summed E-state index contributed by atoms with van der Waals surface area (Å²) in [7, 11) is 0. The van der Waals surface area contributed by atoms with E-state index in [-0.39, 0.29) is 5.82 Å². The van der Waals surface area contributed by atoms with Crippen LogP contribution in [0.2, 0.25) is 5.02 Å². The summed E-state index contributed by atoms with van der Waals surface area (Å²) in [5.41, 5.74) is 0.737. The van der Waals surface area contributed by atoms with Crippen molar-refractivity contribution >= 4 is 11.6 Å². The molecule has 1 aliphatic heterocycles. The minimum Gasteiger partial charge on any atom is -0.313 e. The van der Waals surface area contributed by atoms with Crippen molar-refractivity contribution in [3.63, 3.8) is 0 Å². The first-order valence-corrected chi connectivity index (χ1v) is 7.35. The van der Waals surface area contributed by atoms with E-state index in [1.807, 2.05) is 0 Å². The molecule has 1 atom stereocenters. The van der Waals surface area contributed by atoms with Crippen molar-refractivity contribution in [2.75, 3.05) is 13.1 Å². The summed E-state index contributed by atoms with van der Waals surface area (Å²) in [6.07, 6.45) is 2.38. The fourth-order valence-corrected chi connectivity index (χ4v) is 2.73. The van der Waals surface area contributed by atoms with Crippen LogP contribution in [0, 0.1) is 5.82 Å². The fraction of sp³-hybridized carbons (Fsp3) is 0.600. The Kier molecular flexibility index (Phi) is 5.20. The Bertz CT molecular complexity index is 423. The summed E-state index contributed by atoms with van der Waals surface area (Å²) >= 11 is 5.78. The third kappa shape index (κ3) is 4.16. The van der Waals surface area contributed by atoms with E-state index in [0.717, 1.165) is 18.7 Å². The Morgan fingerprint density at radius 3 is 2.95 bits per heavy atom. The molecule has 1 heterocycles. The van der Waals surface area contributed by atoms with E-state index in [0.29, 0.717) is 23.7 Å². The zero-order valence-electron chi connectivity index (χ0n) is 11.6. The molecule has 2 nitrogen and oxygen atoms in total. The minimum absolute atomic E-state index is 0.199. The van der Waals surface area contributed by atoms with Crippen LogP contribution in [-0.4, -0.2) is 30.1 Å². The van der Waals surface area contributed by atoms with Gasteiger partial charge in [-0.3, -0.25) is 4.90 Å². The maximum absolute atomic E-state index is 13.8. The van der Waals surface area contributed by atoms with Gasteiger partial charge in [-0.2, -0.15) is 0 Å².